The lowest BCUT2D eigenvalue weighted by atomic mass is 9.73. The molecule has 7 nitrogen and oxygen atoms in total. The van der Waals surface area contributed by atoms with Gasteiger partial charge < -0.3 is 5.32 Å². The number of carbonyl (C=O) groups excluding carboxylic acids is 2. The predicted octanol–water partition coefficient (Wildman–Crippen LogP) is 4.43. The molecule has 3 amide bonds. The standard InChI is InChI=1S/C27H31N5O2/c1-20-11-9-10-16-27(20)25(33)31(26(34)28-27)19-30(2)17-22-18-32(23-14-7-4-8-15-23)29-24(22)21-12-5-3-6-13-21/h3-8,12-15,18,20H,9-11,16-17,19H2,1-2H3,(H,28,34)/t20-,27-/m1/s1. The molecule has 2 aromatic carbocycles. The minimum absolute atomic E-state index is 0.0835. The molecule has 2 heterocycles. The Bertz CT molecular complexity index is 1180. The second kappa shape index (κ2) is 9.06. The van der Waals surface area contributed by atoms with Crippen LogP contribution in [0.4, 0.5) is 4.79 Å². The van der Waals surface area contributed by atoms with Gasteiger partial charge in [0.2, 0.25) is 0 Å². The van der Waals surface area contributed by atoms with E-state index in [0.717, 1.165) is 48.2 Å². The van der Waals surface area contributed by atoms with E-state index in [1.54, 1.807) is 0 Å². The molecule has 1 saturated carbocycles. The number of nitrogens with one attached hydrogen (secondary N) is 1. The minimum atomic E-state index is -0.733. The lowest BCUT2D eigenvalue weighted by Gasteiger charge is -2.37. The fourth-order valence-electron chi connectivity index (χ4n) is 5.28. The molecule has 0 unspecified atom stereocenters. The summed E-state index contributed by atoms with van der Waals surface area (Å²) < 4.78 is 1.89. The van der Waals surface area contributed by atoms with Crippen LogP contribution in [0.1, 0.15) is 38.2 Å². The molecule has 1 N–H and O–H groups in total. The zero-order valence-electron chi connectivity index (χ0n) is 19.8. The molecule has 0 radical (unpaired) electrons. The van der Waals surface area contributed by atoms with Gasteiger partial charge >= 0.3 is 6.03 Å². The summed E-state index contributed by atoms with van der Waals surface area (Å²) in [5.74, 6) is 0.0709. The third-order valence-electron chi connectivity index (χ3n) is 7.18. The number of urea groups is 1. The molecular formula is C27H31N5O2. The number of aromatic nitrogens is 2. The maximum Gasteiger partial charge on any atom is 0.326 e. The fraction of sp³-hybridized carbons (Fsp3) is 0.370. The van der Waals surface area contributed by atoms with Crippen molar-refractivity contribution in [3.8, 4) is 16.9 Å². The summed E-state index contributed by atoms with van der Waals surface area (Å²) in [6, 6.07) is 19.8. The Kier molecular flexibility index (Phi) is 5.96. The minimum Gasteiger partial charge on any atom is -0.323 e. The highest BCUT2D eigenvalue weighted by molar-refractivity contribution is 6.07. The molecule has 0 bridgehead atoms. The molecule has 2 atom stereocenters. The molecule has 1 aromatic heterocycles. The van der Waals surface area contributed by atoms with Gasteiger partial charge in [-0.25, -0.2) is 14.4 Å². The zero-order chi connectivity index (χ0) is 23.7. The summed E-state index contributed by atoms with van der Waals surface area (Å²) in [6.45, 7) is 2.87. The van der Waals surface area contributed by atoms with Crippen LogP contribution in [-0.2, 0) is 11.3 Å². The van der Waals surface area contributed by atoms with Crippen LogP contribution in [0.5, 0.6) is 0 Å². The monoisotopic (exact) mass is 457 g/mol. The molecule has 2 fully saturated rings. The molecule has 34 heavy (non-hydrogen) atoms. The van der Waals surface area contributed by atoms with Crippen LogP contribution >= 0.6 is 0 Å². The van der Waals surface area contributed by atoms with E-state index >= 15 is 0 Å². The van der Waals surface area contributed by atoms with Gasteiger partial charge in [-0.1, -0.05) is 68.3 Å². The zero-order valence-corrected chi connectivity index (χ0v) is 19.8. The van der Waals surface area contributed by atoms with Gasteiger partial charge in [0.25, 0.3) is 5.91 Å². The van der Waals surface area contributed by atoms with Gasteiger partial charge in [-0.15, -0.1) is 0 Å². The topological polar surface area (TPSA) is 70.5 Å². The number of rotatable bonds is 6. The first-order valence-electron chi connectivity index (χ1n) is 12.0. The van der Waals surface area contributed by atoms with Crippen LogP contribution in [0.15, 0.2) is 66.9 Å². The maximum absolute atomic E-state index is 13.4. The SMILES string of the molecule is C[C@@H]1CCCC[C@@]12NC(=O)N(CN(C)Cc1cn(-c3ccccc3)nc1-c1ccccc1)C2=O. The van der Waals surface area contributed by atoms with Gasteiger partial charge in [0.05, 0.1) is 18.1 Å². The normalized spacial score (nSPS) is 22.6. The first-order valence-corrected chi connectivity index (χ1v) is 12.0. The van der Waals surface area contributed by atoms with Gasteiger partial charge in [-0.3, -0.25) is 9.69 Å². The van der Waals surface area contributed by atoms with E-state index in [1.807, 2.05) is 83.5 Å². The van der Waals surface area contributed by atoms with E-state index in [-0.39, 0.29) is 24.5 Å². The third kappa shape index (κ3) is 4.01. The molecule has 5 rings (SSSR count). The third-order valence-corrected chi connectivity index (χ3v) is 7.18. The Morgan fingerprint density at radius 2 is 1.76 bits per heavy atom. The Morgan fingerprint density at radius 3 is 2.47 bits per heavy atom. The summed E-state index contributed by atoms with van der Waals surface area (Å²) in [6.07, 6.45) is 5.80. The summed E-state index contributed by atoms with van der Waals surface area (Å²) in [5.41, 5.74) is 3.21. The maximum atomic E-state index is 13.4. The molecular weight excluding hydrogens is 426 g/mol. The smallest absolute Gasteiger partial charge is 0.323 e. The van der Waals surface area contributed by atoms with Crippen molar-refractivity contribution in [2.24, 2.45) is 5.92 Å². The van der Waals surface area contributed by atoms with Crippen molar-refractivity contribution in [1.29, 1.82) is 0 Å². The van der Waals surface area contributed by atoms with Gasteiger partial charge in [0.1, 0.15) is 5.54 Å². The number of carbonyl (C=O) groups is 2. The Labute approximate surface area is 200 Å². The highest BCUT2D eigenvalue weighted by Gasteiger charge is 2.54. The van der Waals surface area contributed by atoms with Gasteiger partial charge in [-0.05, 0) is 37.9 Å². The van der Waals surface area contributed by atoms with Crippen molar-refractivity contribution in [2.75, 3.05) is 13.7 Å². The summed E-state index contributed by atoms with van der Waals surface area (Å²) in [4.78, 5) is 29.6. The largest absolute Gasteiger partial charge is 0.326 e. The molecule has 1 aliphatic carbocycles. The number of hydrogen-bond acceptors (Lipinski definition) is 4. The van der Waals surface area contributed by atoms with E-state index < -0.39 is 5.54 Å². The van der Waals surface area contributed by atoms with E-state index in [4.69, 9.17) is 5.10 Å². The molecule has 1 aliphatic heterocycles. The second-order valence-corrected chi connectivity index (χ2v) is 9.59. The first kappa shape index (κ1) is 22.3. The van der Waals surface area contributed by atoms with Crippen LogP contribution in [0.3, 0.4) is 0 Å². The quantitative estimate of drug-likeness (QED) is 0.556. The number of nitrogens with zero attached hydrogens (tertiary/aromatic N) is 4. The molecule has 1 saturated heterocycles. The second-order valence-electron chi connectivity index (χ2n) is 9.59. The highest BCUT2D eigenvalue weighted by Crippen LogP contribution is 2.38. The summed E-state index contributed by atoms with van der Waals surface area (Å²) in [7, 11) is 1.94. The van der Waals surface area contributed by atoms with E-state index in [9.17, 15) is 9.59 Å². The van der Waals surface area contributed by atoms with Crippen molar-refractivity contribution < 1.29 is 9.59 Å². The van der Waals surface area contributed by atoms with Crippen LogP contribution in [-0.4, -0.2) is 50.8 Å². The van der Waals surface area contributed by atoms with Crippen molar-refractivity contribution in [3.63, 3.8) is 0 Å². The van der Waals surface area contributed by atoms with Crippen LogP contribution < -0.4 is 5.32 Å². The van der Waals surface area contributed by atoms with Crippen molar-refractivity contribution in [2.45, 2.75) is 44.7 Å². The lowest BCUT2D eigenvalue weighted by Crippen LogP contribution is -2.54. The van der Waals surface area contributed by atoms with E-state index in [1.165, 1.54) is 4.90 Å². The Morgan fingerprint density at radius 1 is 1.06 bits per heavy atom. The molecule has 2 aliphatic rings. The van der Waals surface area contributed by atoms with Crippen molar-refractivity contribution in [1.82, 2.24) is 24.9 Å². The van der Waals surface area contributed by atoms with Crippen LogP contribution in [0.2, 0.25) is 0 Å². The van der Waals surface area contributed by atoms with Gasteiger partial charge in [0, 0.05) is 23.9 Å². The Balaban J connectivity index is 1.38. The number of benzene rings is 2. The van der Waals surface area contributed by atoms with Gasteiger partial charge in [-0.2, -0.15) is 5.10 Å². The van der Waals surface area contributed by atoms with Crippen LogP contribution in [0, 0.1) is 5.92 Å². The predicted molar refractivity (Wildman–Crippen MR) is 131 cm³/mol. The molecule has 1 spiro atoms. The number of para-hydroxylation sites is 1. The fourth-order valence-corrected chi connectivity index (χ4v) is 5.28. The van der Waals surface area contributed by atoms with Gasteiger partial charge in [0.15, 0.2) is 0 Å². The first-order chi connectivity index (χ1) is 16.5. The van der Waals surface area contributed by atoms with Crippen molar-refractivity contribution in [3.05, 3.63) is 72.4 Å². The molecule has 7 heteroatoms. The van der Waals surface area contributed by atoms with E-state index in [0.29, 0.717) is 6.54 Å². The average Bonchev–Trinajstić information content (AvgIpc) is 3.37. The Hall–Kier alpha value is -3.45. The lowest BCUT2D eigenvalue weighted by molar-refractivity contribution is -0.135. The average molecular weight is 458 g/mol. The molecule has 3 aromatic rings. The number of imide groups is 1. The number of amides is 3. The number of hydrogen-bond donors (Lipinski definition) is 1. The molecule has 176 valence electrons. The summed E-state index contributed by atoms with van der Waals surface area (Å²) in [5, 5.41) is 7.92. The van der Waals surface area contributed by atoms with Crippen molar-refractivity contribution >= 4 is 11.9 Å². The van der Waals surface area contributed by atoms with E-state index in [2.05, 4.69) is 12.2 Å². The van der Waals surface area contributed by atoms with Crippen LogP contribution in [0.25, 0.3) is 16.9 Å². The summed E-state index contributed by atoms with van der Waals surface area (Å²) >= 11 is 0. The highest BCUT2D eigenvalue weighted by atomic mass is 16.2.